The standard InChI is InChI=1S/C16H17N3O3S/c1-21-12-7-5-10(13(9-12)22-2)6-8-14(20)17-16-19-18-15(23-16)11-3-4-11/h5-9,11H,3-4H2,1-2H3,(H,17,19,20)/b8-6+. The minimum Gasteiger partial charge on any atom is -0.497 e. The van der Waals surface area contributed by atoms with E-state index in [0.29, 0.717) is 22.5 Å². The Morgan fingerprint density at radius 2 is 2.13 bits per heavy atom. The molecule has 1 amide bonds. The molecule has 1 N–H and O–H groups in total. The van der Waals surface area contributed by atoms with Crippen molar-refractivity contribution in [3.8, 4) is 11.5 Å². The van der Waals surface area contributed by atoms with E-state index in [0.717, 1.165) is 10.6 Å². The lowest BCUT2D eigenvalue weighted by Crippen LogP contribution is -2.07. The second kappa shape index (κ2) is 6.78. The normalized spacial score (nSPS) is 14.0. The fourth-order valence-corrected chi connectivity index (χ4v) is 2.96. The summed E-state index contributed by atoms with van der Waals surface area (Å²) in [5, 5.41) is 12.3. The van der Waals surface area contributed by atoms with E-state index in [1.54, 1.807) is 26.4 Å². The van der Waals surface area contributed by atoms with Crippen molar-refractivity contribution < 1.29 is 14.3 Å². The third kappa shape index (κ3) is 3.87. The van der Waals surface area contributed by atoms with E-state index in [9.17, 15) is 4.79 Å². The average Bonchev–Trinajstić information content (AvgIpc) is 3.32. The molecule has 0 saturated heterocycles. The highest BCUT2D eigenvalue weighted by atomic mass is 32.1. The average molecular weight is 331 g/mol. The van der Waals surface area contributed by atoms with Crippen molar-refractivity contribution in [2.75, 3.05) is 19.5 Å². The maximum absolute atomic E-state index is 12.0. The second-order valence-corrected chi connectivity index (χ2v) is 6.16. The fourth-order valence-electron chi connectivity index (χ4n) is 2.05. The first-order chi connectivity index (χ1) is 11.2. The Morgan fingerprint density at radius 1 is 1.30 bits per heavy atom. The number of anilines is 1. The monoisotopic (exact) mass is 331 g/mol. The molecule has 0 spiro atoms. The summed E-state index contributed by atoms with van der Waals surface area (Å²) >= 11 is 1.44. The fraction of sp³-hybridized carbons (Fsp3) is 0.312. The zero-order valence-corrected chi connectivity index (χ0v) is 13.7. The van der Waals surface area contributed by atoms with Gasteiger partial charge in [0.25, 0.3) is 0 Å². The predicted molar refractivity (Wildman–Crippen MR) is 89.1 cm³/mol. The molecule has 7 heteroatoms. The van der Waals surface area contributed by atoms with E-state index in [1.165, 1.54) is 30.3 Å². The molecule has 0 bridgehead atoms. The summed E-state index contributed by atoms with van der Waals surface area (Å²) in [5.41, 5.74) is 0.791. The Balaban J connectivity index is 1.65. The first-order valence-corrected chi connectivity index (χ1v) is 8.05. The molecule has 1 saturated carbocycles. The highest BCUT2D eigenvalue weighted by Gasteiger charge is 2.27. The lowest BCUT2D eigenvalue weighted by Gasteiger charge is -2.07. The molecule has 1 heterocycles. The van der Waals surface area contributed by atoms with Crippen molar-refractivity contribution in [1.29, 1.82) is 0 Å². The molecule has 0 radical (unpaired) electrons. The number of nitrogens with one attached hydrogen (secondary N) is 1. The maximum atomic E-state index is 12.0. The molecule has 2 aromatic rings. The van der Waals surface area contributed by atoms with E-state index in [2.05, 4.69) is 15.5 Å². The largest absolute Gasteiger partial charge is 0.497 e. The van der Waals surface area contributed by atoms with Crippen molar-refractivity contribution in [1.82, 2.24) is 10.2 Å². The van der Waals surface area contributed by atoms with Crippen LogP contribution in [0.5, 0.6) is 11.5 Å². The van der Waals surface area contributed by atoms with E-state index in [-0.39, 0.29) is 5.91 Å². The number of rotatable bonds is 6. The van der Waals surface area contributed by atoms with Gasteiger partial charge in [-0.3, -0.25) is 10.1 Å². The molecule has 0 unspecified atom stereocenters. The molecular weight excluding hydrogens is 314 g/mol. The summed E-state index contributed by atoms with van der Waals surface area (Å²) in [5.74, 6) is 1.63. The van der Waals surface area contributed by atoms with Crippen LogP contribution < -0.4 is 14.8 Å². The van der Waals surface area contributed by atoms with E-state index >= 15 is 0 Å². The van der Waals surface area contributed by atoms with Gasteiger partial charge in [0.2, 0.25) is 11.0 Å². The highest BCUT2D eigenvalue weighted by molar-refractivity contribution is 7.15. The maximum Gasteiger partial charge on any atom is 0.250 e. The summed E-state index contributed by atoms with van der Waals surface area (Å²) in [4.78, 5) is 12.0. The van der Waals surface area contributed by atoms with Crippen LogP contribution in [0.2, 0.25) is 0 Å². The van der Waals surface area contributed by atoms with Crippen molar-refractivity contribution in [2.24, 2.45) is 0 Å². The zero-order chi connectivity index (χ0) is 16.2. The van der Waals surface area contributed by atoms with E-state index in [1.807, 2.05) is 12.1 Å². The number of methoxy groups -OCH3 is 2. The number of nitrogens with zero attached hydrogens (tertiary/aromatic N) is 2. The van der Waals surface area contributed by atoms with Crippen LogP contribution in [-0.4, -0.2) is 30.3 Å². The Bertz CT molecular complexity index is 738. The first-order valence-electron chi connectivity index (χ1n) is 7.24. The van der Waals surface area contributed by atoms with Crippen LogP contribution in [0.1, 0.15) is 29.3 Å². The highest BCUT2D eigenvalue weighted by Crippen LogP contribution is 2.42. The van der Waals surface area contributed by atoms with Gasteiger partial charge in [-0.1, -0.05) is 11.3 Å². The van der Waals surface area contributed by atoms with Crippen LogP contribution in [0.25, 0.3) is 6.08 Å². The SMILES string of the molecule is COc1ccc(/C=C/C(=O)Nc2nnc(C3CC3)s2)c(OC)c1. The van der Waals surface area contributed by atoms with Crippen LogP contribution >= 0.6 is 11.3 Å². The van der Waals surface area contributed by atoms with Gasteiger partial charge in [-0.15, -0.1) is 10.2 Å². The van der Waals surface area contributed by atoms with Gasteiger partial charge in [0, 0.05) is 23.6 Å². The number of benzene rings is 1. The van der Waals surface area contributed by atoms with Crippen molar-refractivity contribution in [3.05, 3.63) is 34.8 Å². The summed E-state index contributed by atoms with van der Waals surface area (Å²) in [6, 6.07) is 5.41. The van der Waals surface area contributed by atoms with Gasteiger partial charge in [0.1, 0.15) is 16.5 Å². The van der Waals surface area contributed by atoms with Gasteiger partial charge in [-0.05, 0) is 31.1 Å². The molecule has 23 heavy (non-hydrogen) atoms. The summed E-state index contributed by atoms with van der Waals surface area (Å²) < 4.78 is 10.4. The number of carbonyl (C=O) groups is 1. The Morgan fingerprint density at radius 3 is 2.83 bits per heavy atom. The molecule has 1 aromatic heterocycles. The smallest absolute Gasteiger partial charge is 0.250 e. The van der Waals surface area contributed by atoms with Crippen LogP contribution in [0.15, 0.2) is 24.3 Å². The number of aromatic nitrogens is 2. The van der Waals surface area contributed by atoms with E-state index < -0.39 is 0 Å². The van der Waals surface area contributed by atoms with Gasteiger partial charge < -0.3 is 9.47 Å². The molecule has 1 fully saturated rings. The Hall–Kier alpha value is -2.41. The molecule has 6 nitrogen and oxygen atoms in total. The van der Waals surface area contributed by atoms with Crippen LogP contribution in [0.3, 0.4) is 0 Å². The molecule has 1 aliphatic carbocycles. The number of hydrogen-bond donors (Lipinski definition) is 1. The Kier molecular flexibility index (Phi) is 4.57. The van der Waals surface area contributed by atoms with Crippen LogP contribution in [0.4, 0.5) is 5.13 Å². The third-order valence-corrected chi connectivity index (χ3v) is 4.45. The number of hydrogen-bond acceptors (Lipinski definition) is 6. The second-order valence-electron chi connectivity index (χ2n) is 5.15. The lowest BCUT2D eigenvalue weighted by molar-refractivity contribution is -0.111. The quantitative estimate of drug-likeness (QED) is 0.824. The predicted octanol–water partition coefficient (Wildman–Crippen LogP) is 3.08. The topological polar surface area (TPSA) is 73.3 Å². The molecule has 0 aliphatic heterocycles. The molecule has 1 aliphatic rings. The summed E-state index contributed by atoms with van der Waals surface area (Å²) in [6.07, 6.45) is 5.47. The summed E-state index contributed by atoms with van der Waals surface area (Å²) in [6.45, 7) is 0. The minimum atomic E-state index is -0.249. The van der Waals surface area contributed by atoms with Gasteiger partial charge in [0.05, 0.1) is 14.2 Å². The van der Waals surface area contributed by atoms with E-state index in [4.69, 9.17) is 9.47 Å². The van der Waals surface area contributed by atoms with Crippen LogP contribution in [0, 0.1) is 0 Å². The van der Waals surface area contributed by atoms with Crippen LogP contribution in [-0.2, 0) is 4.79 Å². The first kappa shape index (κ1) is 15.5. The number of amides is 1. The van der Waals surface area contributed by atoms with Gasteiger partial charge in [-0.2, -0.15) is 0 Å². The third-order valence-electron chi connectivity index (χ3n) is 3.45. The lowest BCUT2D eigenvalue weighted by atomic mass is 10.1. The zero-order valence-electron chi connectivity index (χ0n) is 12.9. The molecule has 1 aromatic carbocycles. The number of ether oxygens (including phenoxy) is 2. The van der Waals surface area contributed by atoms with Crippen molar-refractivity contribution in [3.63, 3.8) is 0 Å². The molecule has 0 atom stereocenters. The van der Waals surface area contributed by atoms with Crippen molar-refractivity contribution in [2.45, 2.75) is 18.8 Å². The van der Waals surface area contributed by atoms with Crippen molar-refractivity contribution >= 4 is 28.5 Å². The molecule has 3 rings (SSSR count). The van der Waals surface area contributed by atoms with Gasteiger partial charge in [0.15, 0.2) is 0 Å². The molecular formula is C16H17N3O3S. The Labute approximate surface area is 138 Å². The van der Waals surface area contributed by atoms with Gasteiger partial charge in [-0.25, -0.2) is 0 Å². The van der Waals surface area contributed by atoms with Gasteiger partial charge >= 0.3 is 0 Å². The minimum absolute atomic E-state index is 0.249. The molecule has 120 valence electrons. The number of carbonyl (C=O) groups excluding carboxylic acids is 1. The summed E-state index contributed by atoms with van der Waals surface area (Å²) in [7, 11) is 3.17.